The van der Waals surface area contributed by atoms with Crippen molar-refractivity contribution in [2.24, 2.45) is 11.7 Å². The van der Waals surface area contributed by atoms with E-state index in [2.05, 4.69) is 39.3 Å². The van der Waals surface area contributed by atoms with E-state index in [1.807, 2.05) is 0 Å². The zero-order valence-electron chi connectivity index (χ0n) is 8.95. The number of nitrogens with two attached hydrogens (primary N) is 1. The third-order valence-electron chi connectivity index (χ3n) is 2.91. The van der Waals surface area contributed by atoms with E-state index in [0.717, 1.165) is 5.92 Å². The van der Waals surface area contributed by atoms with E-state index < -0.39 is 0 Å². The van der Waals surface area contributed by atoms with Gasteiger partial charge in [0.1, 0.15) is 0 Å². The largest absolute Gasteiger partial charge is 0.329 e. The van der Waals surface area contributed by atoms with Crippen molar-refractivity contribution in [3.8, 4) is 0 Å². The molecule has 1 fully saturated rings. The van der Waals surface area contributed by atoms with Crippen LogP contribution in [0.4, 0.5) is 0 Å². The molecule has 0 saturated heterocycles. The van der Waals surface area contributed by atoms with Crippen molar-refractivity contribution in [2.45, 2.75) is 18.9 Å². The molecule has 1 aromatic rings. The summed E-state index contributed by atoms with van der Waals surface area (Å²) in [6.45, 7) is 1.90. The molecular formula is C11H17BrN2S. The molecule has 84 valence electrons. The van der Waals surface area contributed by atoms with Crippen LogP contribution >= 0.6 is 27.3 Å². The molecule has 15 heavy (non-hydrogen) atoms. The number of thiophene rings is 1. The van der Waals surface area contributed by atoms with Crippen molar-refractivity contribution < 1.29 is 0 Å². The highest BCUT2D eigenvalue weighted by atomic mass is 79.9. The SMILES string of the molecule is CN(CC1CC1)C(CN)c1cc(Br)cs1. The monoisotopic (exact) mass is 288 g/mol. The van der Waals surface area contributed by atoms with E-state index in [9.17, 15) is 0 Å². The zero-order chi connectivity index (χ0) is 10.8. The number of hydrogen-bond donors (Lipinski definition) is 1. The predicted octanol–water partition coefficient (Wildman–Crippen LogP) is 2.85. The van der Waals surface area contributed by atoms with Crippen LogP contribution in [-0.2, 0) is 0 Å². The van der Waals surface area contributed by atoms with Crippen LogP contribution in [-0.4, -0.2) is 25.0 Å². The minimum absolute atomic E-state index is 0.391. The Morgan fingerprint density at radius 2 is 2.40 bits per heavy atom. The molecule has 1 aromatic heterocycles. The second-order valence-corrected chi connectivity index (χ2v) is 6.16. The van der Waals surface area contributed by atoms with Crippen LogP contribution in [0.25, 0.3) is 0 Å². The first-order valence-corrected chi connectivity index (χ1v) is 7.02. The van der Waals surface area contributed by atoms with Gasteiger partial charge in [-0.05, 0) is 47.8 Å². The van der Waals surface area contributed by atoms with Crippen LogP contribution in [0, 0.1) is 5.92 Å². The molecule has 4 heteroatoms. The summed E-state index contributed by atoms with van der Waals surface area (Å²) in [5.74, 6) is 0.924. The van der Waals surface area contributed by atoms with Gasteiger partial charge in [-0.1, -0.05) is 0 Å². The van der Waals surface area contributed by atoms with Crippen molar-refractivity contribution in [1.29, 1.82) is 0 Å². The third-order valence-corrected chi connectivity index (χ3v) is 4.71. The average molecular weight is 289 g/mol. The molecule has 0 amide bonds. The predicted molar refractivity (Wildman–Crippen MR) is 69.2 cm³/mol. The highest BCUT2D eigenvalue weighted by Gasteiger charge is 2.26. The van der Waals surface area contributed by atoms with E-state index in [0.29, 0.717) is 12.6 Å². The van der Waals surface area contributed by atoms with Gasteiger partial charge in [-0.2, -0.15) is 0 Å². The summed E-state index contributed by atoms with van der Waals surface area (Å²) in [6, 6.07) is 2.58. The lowest BCUT2D eigenvalue weighted by Gasteiger charge is -2.25. The van der Waals surface area contributed by atoms with E-state index in [1.165, 1.54) is 28.7 Å². The molecule has 1 unspecified atom stereocenters. The van der Waals surface area contributed by atoms with Gasteiger partial charge in [0, 0.05) is 27.8 Å². The summed E-state index contributed by atoms with van der Waals surface area (Å²) in [6.07, 6.45) is 2.80. The van der Waals surface area contributed by atoms with Crippen LogP contribution in [0.3, 0.4) is 0 Å². The average Bonchev–Trinajstić information content (AvgIpc) is 2.90. The van der Waals surface area contributed by atoms with Crippen LogP contribution in [0.5, 0.6) is 0 Å². The molecule has 0 radical (unpaired) electrons. The second kappa shape index (κ2) is 4.95. The fourth-order valence-electron chi connectivity index (χ4n) is 1.85. The minimum atomic E-state index is 0.391. The molecule has 1 atom stereocenters. The van der Waals surface area contributed by atoms with Crippen molar-refractivity contribution in [1.82, 2.24) is 4.90 Å². The van der Waals surface area contributed by atoms with E-state index in [1.54, 1.807) is 11.3 Å². The highest BCUT2D eigenvalue weighted by molar-refractivity contribution is 9.10. The fraction of sp³-hybridized carbons (Fsp3) is 0.636. The zero-order valence-corrected chi connectivity index (χ0v) is 11.4. The van der Waals surface area contributed by atoms with Gasteiger partial charge in [-0.15, -0.1) is 11.3 Å². The van der Waals surface area contributed by atoms with Crippen molar-refractivity contribution >= 4 is 27.3 Å². The van der Waals surface area contributed by atoms with Gasteiger partial charge >= 0.3 is 0 Å². The van der Waals surface area contributed by atoms with Crippen molar-refractivity contribution in [3.63, 3.8) is 0 Å². The topological polar surface area (TPSA) is 29.3 Å². The number of nitrogens with zero attached hydrogens (tertiary/aromatic N) is 1. The molecule has 0 aromatic carbocycles. The molecule has 1 aliphatic carbocycles. The van der Waals surface area contributed by atoms with Gasteiger partial charge in [0.05, 0.1) is 6.04 Å². The Morgan fingerprint density at radius 1 is 1.67 bits per heavy atom. The van der Waals surface area contributed by atoms with Gasteiger partial charge in [0.25, 0.3) is 0 Å². The van der Waals surface area contributed by atoms with Crippen LogP contribution in [0.2, 0.25) is 0 Å². The van der Waals surface area contributed by atoms with Crippen molar-refractivity contribution in [2.75, 3.05) is 20.1 Å². The molecule has 1 saturated carbocycles. The van der Waals surface area contributed by atoms with Crippen LogP contribution in [0.15, 0.2) is 15.9 Å². The lowest BCUT2D eigenvalue weighted by molar-refractivity contribution is 0.243. The first kappa shape index (κ1) is 11.6. The molecule has 0 spiro atoms. The van der Waals surface area contributed by atoms with Gasteiger partial charge in [-0.25, -0.2) is 0 Å². The lowest BCUT2D eigenvalue weighted by Crippen LogP contribution is -2.31. The van der Waals surface area contributed by atoms with E-state index in [4.69, 9.17) is 5.73 Å². The standard InChI is InChI=1S/C11H17BrN2S/c1-14(6-8-2-3-8)10(5-13)11-4-9(12)7-15-11/h4,7-8,10H,2-3,5-6,13H2,1H3. The smallest absolute Gasteiger partial charge is 0.0562 e. The summed E-state index contributed by atoms with van der Waals surface area (Å²) in [4.78, 5) is 3.77. The van der Waals surface area contributed by atoms with Crippen LogP contribution in [0.1, 0.15) is 23.8 Å². The van der Waals surface area contributed by atoms with Gasteiger partial charge in [0.2, 0.25) is 0 Å². The second-order valence-electron chi connectivity index (χ2n) is 4.30. The summed E-state index contributed by atoms with van der Waals surface area (Å²) in [5, 5.41) is 2.13. The van der Waals surface area contributed by atoms with Gasteiger partial charge < -0.3 is 5.73 Å². The number of likely N-dealkylation sites (N-methyl/N-ethyl adjacent to an activating group) is 1. The molecule has 0 aliphatic heterocycles. The Hall–Kier alpha value is 0.1000. The third kappa shape index (κ3) is 3.03. The van der Waals surface area contributed by atoms with Gasteiger partial charge in [0.15, 0.2) is 0 Å². The molecule has 2 N–H and O–H groups in total. The number of hydrogen-bond acceptors (Lipinski definition) is 3. The van der Waals surface area contributed by atoms with Gasteiger partial charge in [-0.3, -0.25) is 4.90 Å². The lowest BCUT2D eigenvalue weighted by atomic mass is 10.2. The molecule has 1 aliphatic rings. The van der Waals surface area contributed by atoms with Crippen molar-refractivity contribution in [3.05, 3.63) is 20.8 Å². The molecule has 1 heterocycles. The molecule has 2 nitrogen and oxygen atoms in total. The number of rotatable bonds is 5. The number of halogens is 1. The maximum absolute atomic E-state index is 5.86. The van der Waals surface area contributed by atoms with E-state index >= 15 is 0 Å². The molecule has 2 rings (SSSR count). The van der Waals surface area contributed by atoms with Crippen LogP contribution < -0.4 is 5.73 Å². The Balaban J connectivity index is 2.01. The summed E-state index contributed by atoms with van der Waals surface area (Å²) >= 11 is 5.28. The Kier molecular flexibility index (Phi) is 3.83. The molecule has 0 bridgehead atoms. The summed E-state index contributed by atoms with van der Waals surface area (Å²) in [7, 11) is 2.18. The van der Waals surface area contributed by atoms with E-state index in [-0.39, 0.29) is 0 Å². The quantitative estimate of drug-likeness (QED) is 0.903. The molecular weight excluding hydrogens is 272 g/mol. The maximum Gasteiger partial charge on any atom is 0.0562 e. The minimum Gasteiger partial charge on any atom is -0.329 e. The Bertz CT molecular complexity index is 322. The summed E-state index contributed by atoms with van der Waals surface area (Å²) in [5.41, 5.74) is 5.86. The first-order chi connectivity index (χ1) is 7.20. The normalized spacial score (nSPS) is 18.4. The summed E-state index contributed by atoms with van der Waals surface area (Å²) < 4.78 is 1.17. The maximum atomic E-state index is 5.86. The fourth-order valence-corrected chi connectivity index (χ4v) is 3.47. The Labute approximate surface area is 104 Å². The highest BCUT2D eigenvalue weighted by Crippen LogP contribution is 2.33. The Morgan fingerprint density at radius 3 is 2.87 bits per heavy atom. The first-order valence-electron chi connectivity index (χ1n) is 5.35.